The van der Waals surface area contributed by atoms with E-state index in [0.717, 1.165) is 45.3 Å². The fraction of sp³-hybridized carbons (Fsp3) is 0.897. The lowest BCUT2D eigenvalue weighted by molar-refractivity contribution is -0.221. The lowest BCUT2D eigenvalue weighted by atomic mass is 9.86. The van der Waals surface area contributed by atoms with Crippen molar-refractivity contribution < 1.29 is 38.8 Å². The van der Waals surface area contributed by atoms with Gasteiger partial charge in [0.2, 0.25) is 11.8 Å². The average molecular weight is 617 g/mol. The molecule has 0 aromatic rings. The Kier molecular flexibility index (Phi) is 14.8. The van der Waals surface area contributed by atoms with E-state index in [0.29, 0.717) is 32.2 Å². The topological polar surface area (TPSA) is 159 Å². The highest BCUT2D eigenvalue weighted by Gasteiger charge is 2.50. The van der Waals surface area contributed by atoms with Gasteiger partial charge in [0.05, 0.1) is 31.7 Å². The van der Waals surface area contributed by atoms with Crippen LogP contribution in [0.2, 0.25) is 0 Å². The highest BCUT2D eigenvalue weighted by Crippen LogP contribution is 2.33. The molecule has 12 nitrogen and oxygen atoms in total. The molecule has 0 spiro atoms. The van der Waals surface area contributed by atoms with E-state index in [2.05, 4.69) is 27.8 Å². The molecular weight excluding hydrogens is 564 g/mol. The maximum Gasteiger partial charge on any atom is 0.306 e. The van der Waals surface area contributed by atoms with Crippen LogP contribution >= 0.6 is 11.8 Å². The number of thioether (sulfide) groups is 1. The van der Waals surface area contributed by atoms with Crippen LogP contribution in [0.4, 0.5) is 0 Å². The molecule has 3 heterocycles. The summed E-state index contributed by atoms with van der Waals surface area (Å²) in [5, 5.41) is 31.3. The van der Waals surface area contributed by atoms with Crippen molar-refractivity contribution in [1.82, 2.24) is 20.9 Å². The Bertz CT molecular complexity index is 857. The number of aliphatic hydroxyl groups excluding tert-OH is 2. The Morgan fingerprint density at radius 1 is 1.14 bits per heavy atom. The van der Waals surface area contributed by atoms with Crippen molar-refractivity contribution in [2.24, 2.45) is 11.8 Å². The molecule has 0 unspecified atom stereocenters. The van der Waals surface area contributed by atoms with Gasteiger partial charge in [0.25, 0.3) is 0 Å². The molecule has 5 N–H and O–H groups in total. The van der Waals surface area contributed by atoms with Crippen LogP contribution in [0.1, 0.15) is 59.3 Å². The predicted octanol–water partition coefficient (Wildman–Crippen LogP) is 0.246. The lowest BCUT2D eigenvalue weighted by Crippen LogP contribution is -2.65. The zero-order valence-electron chi connectivity index (χ0n) is 25.6. The monoisotopic (exact) mass is 616 g/mol. The summed E-state index contributed by atoms with van der Waals surface area (Å²) in [5.41, 5.74) is -0.764. The third kappa shape index (κ3) is 10.3. The molecule has 3 aliphatic rings. The number of hydrogen-bond acceptors (Lipinski definition) is 11. The van der Waals surface area contributed by atoms with Crippen molar-refractivity contribution in [3.05, 3.63) is 0 Å². The standard InChI is InChI=1S/C29H52N4O8S/c1-5-6-19-9-10-30-20(17-19)28(38)32-23(18(2)3)26-24(36)25(37)27(29(41-26)42-4)40-22(35)8-7-21(34)31-11-12-33-13-15-39-16-14-33/h18-20,23-27,29-30,36-37H,5-17H2,1-4H3,(H,31,34)(H,32,38)/t19-,20+,23-,24-,25+,26-,27-,29-/m1/s1. The Balaban J connectivity index is 1.50. The van der Waals surface area contributed by atoms with Crippen LogP contribution in [0, 0.1) is 11.8 Å². The molecule has 242 valence electrons. The van der Waals surface area contributed by atoms with Crippen LogP contribution in [0.25, 0.3) is 0 Å². The number of nitrogens with one attached hydrogen (secondary N) is 3. The van der Waals surface area contributed by atoms with E-state index in [1.807, 2.05) is 13.8 Å². The first-order valence-electron chi connectivity index (χ1n) is 15.5. The molecule has 2 amide bonds. The second kappa shape index (κ2) is 17.7. The third-order valence-corrected chi connectivity index (χ3v) is 9.24. The van der Waals surface area contributed by atoms with Gasteiger partial charge in [0.1, 0.15) is 23.7 Å². The van der Waals surface area contributed by atoms with Crippen LogP contribution in [-0.4, -0.2) is 127 Å². The quantitative estimate of drug-likeness (QED) is 0.170. The first-order valence-corrected chi connectivity index (χ1v) is 16.8. The van der Waals surface area contributed by atoms with Crippen LogP contribution in [0.3, 0.4) is 0 Å². The van der Waals surface area contributed by atoms with E-state index >= 15 is 0 Å². The number of amides is 2. The molecular formula is C29H52N4O8S. The molecule has 0 bridgehead atoms. The molecule has 8 atom stereocenters. The molecule has 13 heteroatoms. The van der Waals surface area contributed by atoms with Gasteiger partial charge in [-0.15, -0.1) is 11.8 Å². The highest BCUT2D eigenvalue weighted by molar-refractivity contribution is 7.99. The fourth-order valence-electron chi connectivity index (χ4n) is 5.93. The minimum Gasteiger partial charge on any atom is -0.456 e. The normalized spacial score (nSPS) is 31.4. The predicted molar refractivity (Wildman–Crippen MR) is 160 cm³/mol. The molecule has 0 radical (unpaired) electrons. The molecule has 0 aliphatic carbocycles. The van der Waals surface area contributed by atoms with E-state index in [9.17, 15) is 24.6 Å². The van der Waals surface area contributed by atoms with Crippen LogP contribution in [0.15, 0.2) is 0 Å². The minimum absolute atomic E-state index is 0.0451. The van der Waals surface area contributed by atoms with E-state index in [-0.39, 0.29) is 36.6 Å². The van der Waals surface area contributed by atoms with Gasteiger partial charge in [-0.1, -0.05) is 33.6 Å². The number of ether oxygens (including phenoxy) is 3. The van der Waals surface area contributed by atoms with Gasteiger partial charge in [-0.3, -0.25) is 19.3 Å². The molecule has 3 aliphatic heterocycles. The largest absolute Gasteiger partial charge is 0.456 e. The first kappa shape index (κ1) is 35.0. The van der Waals surface area contributed by atoms with Gasteiger partial charge in [0.15, 0.2) is 6.10 Å². The highest BCUT2D eigenvalue weighted by atomic mass is 32.2. The zero-order valence-corrected chi connectivity index (χ0v) is 26.4. The van der Waals surface area contributed by atoms with Gasteiger partial charge in [0, 0.05) is 32.6 Å². The minimum atomic E-state index is -1.42. The van der Waals surface area contributed by atoms with Crippen molar-refractivity contribution >= 4 is 29.5 Å². The first-order chi connectivity index (χ1) is 20.1. The zero-order chi connectivity index (χ0) is 30.6. The van der Waals surface area contributed by atoms with Crippen molar-refractivity contribution in [3.63, 3.8) is 0 Å². The van der Waals surface area contributed by atoms with Gasteiger partial charge < -0.3 is 40.4 Å². The summed E-state index contributed by atoms with van der Waals surface area (Å²) in [4.78, 5) is 40.3. The number of rotatable bonds is 14. The molecule has 0 saturated carbocycles. The number of nitrogens with zero attached hydrogens (tertiary/aromatic N) is 1. The fourth-order valence-corrected chi connectivity index (χ4v) is 6.65. The van der Waals surface area contributed by atoms with Gasteiger partial charge in [-0.05, 0) is 37.5 Å². The molecule has 3 fully saturated rings. The van der Waals surface area contributed by atoms with E-state index in [1.165, 1.54) is 11.8 Å². The Morgan fingerprint density at radius 2 is 1.88 bits per heavy atom. The number of piperidine rings is 1. The SMILES string of the molecule is CCC[C@@H]1CCN[C@H](C(=O)N[C@H](C(C)C)[C@H]2O[C@H](SC)[C@H](OC(=O)CCC(=O)NCCN3CCOCC3)[C@@H](O)[C@H]2O)C1. The number of hydrogen-bond donors (Lipinski definition) is 5. The van der Waals surface area contributed by atoms with Crippen molar-refractivity contribution in [3.8, 4) is 0 Å². The molecule has 3 rings (SSSR count). The number of morpholine rings is 1. The third-order valence-electron chi connectivity index (χ3n) is 8.40. The number of carbonyl (C=O) groups is 3. The summed E-state index contributed by atoms with van der Waals surface area (Å²) in [6.45, 7) is 11.0. The summed E-state index contributed by atoms with van der Waals surface area (Å²) in [6.07, 6.45) is 0.699. The lowest BCUT2D eigenvalue weighted by Gasteiger charge is -2.45. The van der Waals surface area contributed by atoms with Crippen molar-refractivity contribution in [2.45, 2.75) is 101 Å². The van der Waals surface area contributed by atoms with Crippen LogP contribution in [0.5, 0.6) is 0 Å². The molecule has 0 aromatic heterocycles. The van der Waals surface area contributed by atoms with Crippen LogP contribution in [-0.2, 0) is 28.6 Å². The number of carbonyl (C=O) groups excluding carboxylic acids is 3. The summed E-state index contributed by atoms with van der Waals surface area (Å²) in [6, 6.07) is -0.883. The smallest absolute Gasteiger partial charge is 0.306 e. The van der Waals surface area contributed by atoms with E-state index in [4.69, 9.17) is 14.2 Å². The second-order valence-electron chi connectivity index (χ2n) is 11.9. The average Bonchev–Trinajstić information content (AvgIpc) is 2.98. The molecule has 0 aromatic carbocycles. The number of esters is 1. The molecule has 42 heavy (non-hydrogen) atoms. The maximum atomic E-state index is 13.2. The van der Waals surface area contributed by atoms with Crippen molar-refractivity contribution in [1.29, 1.82) is 0 Å². The molecule has 3 saturated heterocycles. The Morgan fingerprint density at radius 3 is 2.55 bits per heavy atom. The maximum absolute atomic E-state index is 13.2. The summed E-state index contributed by atoms with van der Waals surface area (Å²) >= 11 is 1.25. The summed E-state index contributed by atoms with van der Waals surface area (Å²) in [7, 11) is 0. The van der Waals surface area contributed by atoms with Gasteiger partial charge in [-0.2, -0.15) is 0 Å². The van der Waals surface area contributed by atoms with Gasteiger partial charge in [-0.25, -0.2) is 0 Å². The Hall–Kier alpha value is -1.48. The van der Waals surface area contributed by atoms with Crippen LogP contribution < -0.4 is 16.0 Å². The van der Waals surface area contributed by atoms with E-state index in [1.54, 1.807) is 6.26 Å². The van der Waals surface area contributed by atoms with Crippen molar-refractivity contribution in [2.75, 3.05) is 52.2 Å². The number of aliphatic hydroxyl groups is 2. The summed E-state index contributed by atoms with van der Waals surface area (Å²) < 4.78 is 17.0. The summed E-state index contributed by atoms with van der Waals surface area (Å²) in [5.74, 6) is -0.655. The van der Waals surface area contributed by atoms with Gasteiger partial charge >= 0.3 is 5.97 Å². The second-order valence-corrected chi connectivity index (χ2v) is 12.8. The van der Waals surface area contributed by atoms with E-state index < -0.39 is 41.9 Å². The Labute approximate surface area is 254 Å².